The molecule has 116 valence electrons. The molecule has 3 heteroatoms. The molecule has 0 saturated heterocycles. The van der Waals surface area contributed by atoms with E-state index in [-0.39, 0.29) is 0 Å². The van der Waals surface area contributed by atoms with Crippen molar-refractivity contribution in [2.24, 2.45) is 5.92 Å². The summed E-state index contributed by atoms with van der Waals surface area (Å²) in [5.74, 6) is 0.683. The van der Waals surface area contributed by atoms with Crippen molar-refractivity contribution in [1.82, 2.24) is 9.88 Å². The molecule has 0 unspecified atom stereocenters. The summed E-state index contributed by atoms with van der Waals surface area (Å²) in [6, 6.07) is 8.79. The van der Waals surface area contributed by atoms with Gasteiger partial charge in [-0.25, -0.2) is 0 Å². The van der Waals surface area contributed by atoms with E-state index < -0.39 is 0 Å². The zero-order chi connectivity index (χ0) is 15.1. The predicted molar refractivity (Wildman–Crippen MR) is 89.6 cm³/mol. The molecule has 0 radical (unpaired) electrons. The van der Waals surface area contributed by atoms with Gasteiger partial charge in [0.2, 0.25) is 0 Å². The molecule has 0 amide bonds. The number of ether oxygens (including phenoxy) is 1. The Morgan fingerprint density at radius 2 is 2.10 bits per heavy atom. The first-order valence-corrected chi connectivity index (χ1v) is 8.07. The molecule has 2 rings (SSSR count). The largest absolute Gasteiger partial charge is 0.382 e. The van der Waals surface area contributed by atoms with Crippen molar-refractivity contribution in [3.8, 4) is 0 Å². The van der Waals surface area contributed by atoms with Crippen molar-refractivity contribution in [2.45, 2.75) is 40.3 Å². The standard InChI is InChI=1S/C18H28N2O/c1-4-21-12-6-10-20-11-9-16-7-5-8-17(18(16)20)14-19-13-15(2)3/h5,7-9,11,15,19H,4,6,10,12-14H2,1-3H3. The van der Waals surface area contributed by atoms with Gasteiger partial charge in [-0.2, -0.15) is 0 Å². The number of rotatable bonds is 9. The number of nitrogens with one attached hydrogen (secondary N) is 1. The Bertz CT molecular complexity index is 545. The lowest BCUT2D eigenvalue weighted by molar-refractivity contribution is 0.142. The van der Waals surface area contributed by atoms with Crippen LogP contribution in [0.5, 0.6) is 0 Å². The summed E-state index contributed by atoms with van der Waals surface area (Å²) in [5, 5.41) is 4.88. The SMILES string of the molecule is CCOCCCn1ccc2cccc(CNCC(C)C)c21. The van der Waals surface area contributed by atoms with Crippen LogP contribution < -0.4 is 5.32 Å². The molecule has 2 aromatic rings. The van der Waals surface area contributed by atoms with Crippen molar-refractivity contribution < 1.29 is 4.74 Å². The van der Waals surface area contributed by atoms with Crippen LogP contribution in [0.4, 0.5) is 0 Å². The third-order valence-electron chi connectivity index (χ3n) is 3.63. The topological polar surface area (TPSA) is 26.2 Å². The first kappa shape index (κ1) is 16.1. The fraction of sp³-hybridized carbons (Fsp3) is 0.556. The maximum Gasteiger partial charge on any atom is 0.0525 e. The van der Waals surface area contributed by atoms with E-state index >= 15 is 0 Å². The van der Waals surface area contributed by atoms with Gasteiger partial charge in [0.1, 0.15) is 0 Å². The zero-order valence-corrected chi connectivity index (χ0v) is 13.6. The van der Waals surface area contributed by atoms with E-state index in [1.54, 1.807) is 0 Å². The van der Waals surface area contributed by atoms with Crippen LogP contribution in [0.2, 0.25) is 0 Å². The average molecular weight is 288 g/mol. The van der Waals surface area contributed by atoms with E-state index in [4.69, 9.17) is 4.74 Å². The maximum atomic E-state index is 5.44. The number of aromatic nitrogens is 1. The van der Waals surface area contributed by atoms with Gasteiger partial charge in [-0.05, 0) is 42.8 Å². The Balaban J connectivity index is 2.07. The van der Waals surface area contributed by atoms with Crippen LogP contribution >= 0.6 is 0 Å². The van der Waals surface area contributed by atoms with Gasteiger partial charge in [-0.1, -0.05) is 32.0 Å². The molecule has 0 saturated carbocycles. The Labute approximate surface area is 128 Å². The highest BCUT2D eigenvalue weighted by atomic mass is 16.5. The number of fused-ring (bicyclic) bond motifs is 1. The number of nitrogens with zero attached hydrogens (tertiary/aromatic N) is 1. The third kappa shape index (κ3) is 4.58. The van der Waals surface area contributed by atoms with Gasteiger partial charge in [-0.15, -0.1) is 0 Å². The molecule has 0 aliphatic heterocycles. The minimum absolute atomic E-state index is 0.683. The molecular formula is C18H28N2O. The number of aryl methyl sites for hydroxylation is 1. The van der Waals surface area contributed by atoms with Crippen LogP contribution in [-0.4, -0.2) is 24.3 Å². The lowest BCUT2D eigenvalue weighted by Gasteiger charge is -2.12. The summed E-state index contributed by atoms with van der Waals surface area (Å²) in [6.07, 6.45) is 3.26. The molecule has 21 heavy (non-hydrogen) atoms. The Kier molecular flexibility index (Phi) is 6.27. The molecule has 0 spiro atoms. The Morgan fingerprint density at radius 3 is 2.86 bits per heavy atom. The second kappa shape index (κ2) is 8.20. The van der Waals surface area contributed by atoms with E-state index in [0.717, 1.165) is 39.3 Å². The molecule has 0 bridgehead atoms. The fourth-order valence-electron chi connectivity index (χ4n) is 2.65. The molecule has 0 fully saturated rings. The fourth-order valence-corrected chi connectivity index (χ4v) is 2.65. The van der Waals surface area contributed by atoms with Crippen LogP contribution in [0.1, 0.15) is 32.8 Å². The highest BCUT2D eigenvalue weighted by Crippen LogP contribution is 2.21. The highest BCUT2D eigenvalue weighted by molar-refractivity contribution is 5.83. The van der Waals surface area contributed by atoms with Crippen molar-refractivity contribution in [3.63, 3.8) is 0 Å². The second-order valence-corrected chi connectivity index (χ2v) is 5.94. The Morgan fingerprint density at radius 1 is 1.24 bits per heavy atom. The quantitative estimate of drug-likeness (QED) is 0.710. The van der Waals surface area contributed by atoms with Crippen LogP contribution in [0, 0.1) is 5.92 Å². The van der Waals surface area contributed by atoms with Gasteiger partial charge in [0.15, 0.2) is 0 Å². The lowest BCUT2D eigenvalue weighted by Crippen LogP contribution is -2.19. The van der Waals surface area contributed by atoms with Crippen molar-refractivity contribution in [2.75, 3.05) is 19.8 Å². The molecule has 0 aliphatic carbocycles. The van der Waals surface area contributed by atoms with Crippen LogP contribution in [-0.2, 0) is 17.8 Å². The van der Waals surface area contributed by atoms with Crippen LogP contribution in [0.15, 0.2) is 30.5 Å². The van der Waals surface area contributed by atoms with E-state index in [1.807, 2.05) is 6.92 Å². The number of hydrogen-bond acceptors (Lipinski definition) is 2. The monoisotopic (exact) mass is 288 g/mol. The maximum absolute atomic E-state index is 5.44. The zero-order valence-electron chi connectivity index (χ0n) is 13.6. The molecule has 0 aliphatic rings. The minimum Gasteiger partial charge on any atom is -0.382 e. The van der Waals surface area contributed by atoms with Crippen molar-refractivity contribution in [1.29, 1.82) is 0 Å². The van der Waals surface area contributed by atoms with Gasteiger partial charge in [0, 0.05) is 32.5 Å². The smallest absolute Gasteiger partial charge is 0.0525 e. The molecule has 1 N–H and O–H groups in total. The summed E-state index contributed by atoms with van der Waals surface area (Å²) in [4.78, 5) is 0. The first-order valence-electron chi connectivity index (χ1n) is 8.07. The molecular weight excluding hydrogens is 260 g/mol. The summed E-state index contributed by atoms with van der Waals surface area (Å²) < 4.78 is 7.80. The van der Waals surface area contributed by atoms with E-state index in [0.29, 0.717) is 5.92 Å². The number of para-hydroxylation sites is 1. The second-order valence-electron chi connectivity index (χ2n) is 5.94. The molecule has 1 aromatic carbocycles. The Hall–Kier alpha value is -1.32. The van der Waals surface area contributed by atoms with Crippen LogP contribution in [0.3, 0.4) is 0 Å². The van der Waals surface area contributed by atoms with E-state index in [2.05, 4.69) is 54.2 Å². The normalized spacial score (nSPS) is 11.6. The molecule has 0 atom stereocenters. The highest BCUT2D eigenvalue weighted by Gasteiger charge is 2.06. The van der Waals surface area contributed by atoms with Crippen molar-refractivity contribution >= 4 is 10.9 Å². The molecule has 1 heterocycles. The number of benzene rings is 1. The van der Waals surface area contributed by atoms with Crippen molar-refractivity contribution in [3.05, 3.63) is 36.0 Å². The van der Waals surface area contributed by atoms with Crippen LogP contribution in [0.25, 0.3) is 10.9 Å². The summed E-state index contributed by atoms with van der Waals surface area (Å²) >= 11 is 0. The summed E-state index contributed by atoms with van der Waals surface area (Å²) in [5.41, 5.74) is 2.75. The average Bonchev–Trinajstić information content (AvgIpc) is 2.87. The van der Waals surface area contributed by atoms with Gasteiger partial charge in [-0.3, -0.25) is 0 Å². The summed E-state index contributed by atoms with van der Waals surface area (Å²) in [7, 11) is 0. The predicted octanol–water partition coefficient (Wildman–Crippen LogP) is 3.81. The van der Waals surface area contributed by atoms with E-state index in [9.17, 15) is 0 Å². The lowest BCUT2D eigenvalue weighted by atomic mass is 10.1. The first-order chi connectivity index (χ1) is 10.2. The van der Waals surface area contributed by atoms with E-state index in [1.165, 1.54) is 16.5 Å². The molecule has 3 nitrogen and oxygen atoms in total. The van der Waals surface area contributed by atoms with Gasteiger partial charge < -0.3 is 14.6 Å². The van der Waals surface area contributed by atoms with Gasteiger partial charge >= 0.3 is 0 Å². The van der Waals surface area contributed by atoms with Gasteiger partial charge in [0.25, 0.3) is 0 Å². The number of hydrogen-bond donors (Lipinski definition) is 1. The minimum atomic E-state index is 0.683. The molecule has 1 aromatic heterocycles. The third-order valence-corrected chi connectivity index (χ3v) is 3.63. The summed E-state index contributed by atoms with van der Waals surface area (Å²) in [6.45, 7) is 11.2. The van der Waals surface area contributed by atoms with Gasteiger partial charge in [0.05, 0.1) is 5.52 Å².